The first-order valence-corrected chi connectivity index (χ1v) is 8.56. The summed E-state index contributed by atoms with van der Waals surface area (Å²) in [6, 6.07) is 8.31. The van der Waals surface area contributed by atoms with E-state index >= 15 is 0 Å². The summed E-state index contributed by atoms with van der Waals surface area (Å²) in [7, 11) is 1.37. The van der Waals surface area contributed by atoms with Crippen LogP contribution in [0.1, 0.15) is 10.4 Å². The van der Waals surface area contributed by atoms with Gasteiger partial charge in [0.2, 0.25) is 0 Å². The molecule has 0 aliphatic heterocycles. The molecule has 0 spiro atoms. The van der Waals surface area contributed by atoms with Crippen molar-refractivity contribution >= 4 is 34.4 Å². The Bertz CT molecular complexity index is 1210. The summed E-state index contributed by atoms with van der Waals surface area (Å²) in [4.78, 5) is 35.3. The maximum atomic E-state index is 13.6. The van der Waals surface area contributed by atoms with Crippen LogP contribution < -0.4 is 15.6 Å². The first-order valence-electron chi connectivity index (χ1n) is 8.18. The number of hydrogen-bond acceptors (Lipinski definition) is 5. The van der Waals surface area contributed by atoms with Crippen molar-refractivity contribution in [3.8, 4) is 17.2 Å². The van der Waals surface area contributed by atoms with Crippen molar-refractivity contribution in [2.75, 3.05) is 6.54 Å². The maximum Gasteiger partial charge on any atom is 0.322 e. The number of aliphatic carboxylic acids is 1. The second-order valence-corrected chi connectivity index (χ2v) is 6.38. The molecule has 0 fully saturated rings. The molecule has 0 bridgehead atoms. The predicted octanol–water partition coefficient (Wildman–Crippen LogP) is 2.64. The summed E-state index contributed by atoms with van der Waals surface area (Å²) in [6.07, 6.45) is 0. The molecule has 1 amide bonds. The second-order valence-electron chi connectivity index (χ2n) is 6.00. The van der Waals surface area contributed by atoms with Crippen LogP contribution in [-0.4, -0.2) is 33.2 Å². The van der Waals surface area contributed by atoms with Crippen LogP contribution in [0.2, 0.25) is 5.02 Å². The van der Waals surface area contributed by atoms with Crippen LogP contribution in [0.3, 0.4) is 0 Å². The number of aromatic hydroxyl groups is 1. The van der Waals surface area contributed by atoms with Crippen LogP contribution >= 0.6 is 11.6 Å². The third-order valence-corrected chi connectivity index (χ3v) is 4.48. The molecule has 8 nitrogen and oxygen atoms in total. The quantitative estimate of drug-likeness (QED) is 0.584. The lowest BCUT2D eigenvalue weighted by molar-refractivity contribution is -0.135. The number of ether oxygens (including phenoxy) is 1. The molecule has 0 radical (unpaired) electrons. The number of nitrogens with one attached hydrogen (secondary N) is 1. The van der Waals surface area contributed by atoms with E-state index in [0.29, 0.717) is 0 Å². The largest absolute Gasteiger partial charge is 0.506 e. The first-order chi connectivity index (χ1) is 13.7. The van der Waals surface area contributed by atoms with Crippen molar-refractivity contribution in [1.82, 2.24) is 9.88 Å². The minimum atomic E-state index is -1.30. The third kappa shape index (κ3) is 3.85. The van der Waals surface area contributed by atoms with Gasteiger partial charge in [-0.1, -0.05) is 17.7 Å². The van der Waals surface area contributed by atoms with Gasteiger partial charge in [-0.3, -0.25) is 14.4 Å². The maximum absolute atomic E-state index is 13.6. The first kappa shape index (κ1) is 20.2. The van der Waals surface area contributed by atoms with Crippen molar-refractivity contribution in [3.63, 3.8) is 0 Å². The van der Waals surface area contributed by atoms with Crippen molar-refractivity contribution in [2.24, 2.45) is 7.05 Å². The molecule has 0 aliphatic carbocycles. The number of benzene rings is 2. The fourth-order valence-electron chi connectivity index (χ4n) is 2.70. The highest BCUT2D eigenvalue weighted by Gasteiger charge is 2.22. The molecule has 29 heavy (non-hydrogen) atoms. The molecule has 2 aromatic carbocycles. The Hall–Kier alpha value is -3.59. The van der Waals surface area contributed by atoms with E-state index in [0.717, 1.165) is 4.57 Å². The molecule has 0 unspecified atom stereocenters. The molecule has 1 aromatic heterocycles. The summed E-state index contributed by atoms with van der Waals surface area (Å²) < 4.78 is 20.2. The monoisotopic (exact) mass is 420 g/mol. The SMILES string of the molecule is Cn1c(=O)c(C(=O)NCC(=O)O)c(O)c2ccc(Oc3cccc(F)c3Cl)cc21. The van der Waals surface area contributed by atoms with Gasteiger partial charge in [0.05, 0.1) is 5.52 Å². The van der Waals surface area contributed by atoms with Crippen LogP contribution in [0.15, 0.2) is 41.2 Å². The number of carbonyl (C=O) groups excluding carboxylic acids is 1. The number of carboxylic acid groups (broad SMARTS) is 1. The van der Waals surface area contributed by atoms with E-state index in [9.17, 15) is 23.9 Å². The van der Waals surface area contributed by atoms with E-state index in [1.807, 2.05) is 5.32 Å². The van der Waals surface area contributed by atoms with E-state index in [1.54, 1.807) is 0 Å². The molecule has 3 N–H and O–H groups in total. The van der Waals surface area contributed by atoms with Crippen molar-refractivity contribution in [3.05, 3.63) is 63.2 Å². The van der Waals surface area contributed by atoms with E-state index in [-0.39, 0.29) is 27.4 Å². The summed E-state index contributed by atoms with van der Waals surface area (Å²) in [6.45, 7) is -0.708. The number of hydrogen-bond donors (Lipinski definition) is 3. The summed E-state index contributed by atoms with van der Waals surface area (Å²) >= 11 is 5.87. The van der Waals surface area contributed by atoms with Gasteiger partial charge in [-0.25, -0.2) is 4.39 Å². The number of carbonyl (C=O) groups is 2. The predicted molar refractivity (Wildman–Crippen MR) is 102 cm³/mol. The van der Waals surface area contributed by atoms with Gasteiger partial charge < -0.3 is 24.8 Å². The molecular weight excluding hydrogens is 407 g/mol. The summed E-state index contributed by atoms with van der Waals surface area (Å²) in [5.41, 5.74) is -1.19. The average Bonchev–Trinajstić information content (AvgIpc) is 2.68. The van der Waals surface area contributed by atoms with Crippen molar-refractivity contribution in [2.45, 2.75) is 0 Å². The molecule has 0 aliphatic rings. The molecule has 0 atom stereocenters. The zero-order valence-electron chi connectivity index (χ0n) is 14.9. The van der Waals surface area contributed by atoms with E-state index in [1.165, 1.54) is 43.4 Å². The fraction of sp³-hybridized carbons (Fsp3) is 0.105. The fourth-order valence-corrected chi connectivity index (χ4v) is 2.87. The van der Waals surface area contributed by atoms with Gasteiger partial charge in [0, 0.05) is 18.5 Å². The van der Waals surface area contributed by atoms with E-state index in [4.69, 9.17) is 21.4 Å². The Kier molecular flexibility index (Phi) is 5.42. The minimum absolute atomic E-state index is 0.0601. The van der Waals surface area contributed by atoms with Crippen LogP contribution in [0.5, 0.6) is 17.2 Å². The van der Waals surface area contributed by atoms with Crippen LogP contribution in [-0.2, 0) is 11.8 Å². The van der Waals surface area contributed by atoms with Gasteiger partial charge in [0.15, 0.2) is 0 Å². The van der Waals surface area contributed by atoms with E-state index in [2.05, 4.69) is 0 Å². The van der Waals surface area contributed by atoms with Gasteiger partial charge in [0.25, 0.3) is 11.5 Å². The number of rotatable bonds is 5. The number of amides is 1. The molecular formula is C19H14ClFN2O6. The Morgan fingerprint density at radius 1 is 1.28 bits per heavy atom. The van der Waals surface area contributed by atoms with Gasteiger partial charge in [-0.15, -0.1) is 0 Å². The third-order valence-electron chi connectivity index (χ3n) is 4.11. The zero-order chi connectivity index (χ0) is 21.3. The molecule has 1 heterocycles. The summed E-state index contributed by atoms with van der Waals surface area (Å²) in [5, 5.41) is 21.1. The molecule has 0 saturated heterocycles. The van der Waals surface area contributed by atoms with Crippen molar-refractivity contribution in [1.29, 1.82) is 0 Å². The van der Waals surface area contributed by atoms with Crippen LogP contribution in [0.4, 0.5) is 4.39 Å². The number of aromatic nitrogens is 1. The van der Waals surface area contributed by atoms with E-state index < -0.39 is 41.1 Å². The van der Waals surface area contributed by atoms with Gasteiger partial charge in [-0.2, -0.15) is 0 Å². The number of fused-ring (bicyclic) bond motifs is 1. The lowest BCUT2D eigenvalue weighted by Crippen LogP contribution is -2.35. The van der Waals surface area contributed by atoms with Gasteiger partial charge in [-0.05, 0) is 24.3 Å². The molecule has 150 valence electrons. The average molecular weight is 421 g/mol. The highest BCUT2D eigenvalue weighted by Crippen LogP contribution is 2.34. The Labute approximate surface area is 167 Å². The molecule has 3 aromatic rings. The Morgan fingerprint density at radius 2 is 2.00 bits per heavy atom. The van der Waals surface area contributed by atoms with Crippen LogP contribution in [0, 0.1) is 5.82 Å². The Balaban J connectivity index is 2.06. The number of aryl methyl sites for hydroxylation is 1. The highest BCUT2D eigenvalue weighted by molar-refractivity contribution is 6.32. The molecule has 3 rings (SSSR count). The molecule has 10 heteroatoms. The van der Waals surface area contributed by atoms with Gasteiger partial charge in [0.1, 0.15) is 40.2 Å². The van der Waals surface area contributed by atoms with Gasteiger partial charge >= 0.3 is 5.97 Å². The standard InChI is InChI=1S/C19H14ClFN2O6/c1-23-12-7-9(29-13-4-2-3-11(21)16(13)20)5-6-10(12)17(26)15(19(23)28)18(27)22-8-14(24)25/h2-7,26H,8H2,1H3,(H,22,27)(H,24,25). The van der Waals surface area contributed by atoms with Crippen molar-refractivity contribution < 1.29 is 28.9 Å². The second kappa shape index (κ2) is 7.80. The normalized spacial score (nSPS) is 10.7. The molecule has 0 saturated carbocycles. The lowest BCUT2D eigenvalue weighted by atomic mass is 10.1. The topological polar surface area (TPSA) is 118 Å². The zero-order valence-corrected chi connectivity index (χ0v) is 15.7. The number of pyridine rings is 1. The lowest BCUT2D eigenvalue weighted by Gasteiger charge is -2.13. The highest BCUT2D eigenvalue weighted by atomic mass is 35.5. The summed E-state index contributed by atoms with van der Waals surface area (Å²) in [5.74, 6) is -3.30. The number of nitrogens with zero attached hydrogens (tertiary/aromatic N) is 1. The smallest absolute Gasteiger partial charge is 0.322 e. The number of carboxylic acids is 1. The Morgan fingerprint density at radius 3 is 2.69 bits per heavy atom. The number of halogens is 2. The minimum Gasteiger partial charge on any atom is -0.506 e. The van der Waals surface area contributed by atoms with Crippen LogP contribution in [0.25, 0.3) is 10.9 Å².